The molecule has 6 nitrogen and oxygen atoms in total. The van der Waals surface area contributed by atoms with Gasteiger partial charge in [0.25, 0.3) is 5.91 Å². The third kappa shape index (κ3) is 4.24. The monoisotopic (exact) mass is 386 g/mol. The van der Waals surface area contributed by atoms with Gasteiger partial charge < -0.3 is 10.2 Å². The van der Waals surface area contributed by atoms with Crippen LogP contribution in [-0.2, 0) is 11.0 Å². The van der Waals surface area contributed by atoms with Gasteiger partial charge in [-0.1, -0.05) is 6.07 Å². The van der Waals surface area contributed by atoms with E-state index in [1.165, 1.54) is 22.2 Å². The van der Waals surface area contributed by atoms with E-state index >= 15 is 0 Å². The maximum Gasteiger partial charge on any atom is 0.435 e. The largest absolute Gasteiger partial charge is 0.435 e. The van der Waals surface area contributed by atoms with Gasteiger partial charge in [0.2, 0.25) is 5.91 Å². The Kier molecular flexibility index (Phi) is 5.30. The summed E-state index contributed by atoms with van der Waals surface area (Å²) in [7, 11) is 0. The van der Waals surface area contributed by atoms with Crippen LogP contribution in [0.25, 0.3) is 0 Å². The van der Waals surface area contributed by atoms with E-state index in [9.17, 15) is 22.8 Å². The molecule has 1 fully saturated rings. The topological polar surface area (TPSA) is 67.2 Å². The van der Waals surface area contributed by atoms with Crippen LogP contribution in [-0.4, -0.2) is 46.1 Å². The van der Waals surface area contributed by atoms with Crippen LogP contribution in [0.4, 0.5) is 13.2 Å². The number of aromatic nitrogens is 2. The van der Waals surface area contributed by atoms with Gasteiger partial charge in [-0.05, 0) is 30.4 Å². The number of carbonyl (C=O) groups is 2. The second kappa shape index (κ2) is 7.48. The van der Waals surface area contributed by atoms with Crippen molar-refractivity contribution in [2.24, 2.45) is 0 Å². The molecule has 0 atom stereocenters. The average Bonchev–Trinajstić information content (AvgIpc) is 3.30. The smallest absolute Gasteiger partial charge is 0.342 e. The first-order chi connectivity index (χ1) is 12.3. The lowest BCUT2D eigenvalue weighted by molar-refractivity contribution is -0.141. The summed E-state index contributed by atoms with van der Waals surface area (Å²) in [6, 6.07) is 4.22. The lowest BCUT2D eigenvalue weighted by atomic mass is 10.1. The van der Waals surface area contributed by atoms with E-state index in [-0.39, 0.29) is 24.4 Å². The number of likely N-dealkylation sites (tertiary alicyclic amines) is 1. The minimum atomic E-state index is -4.46. The van der Waals surface area contributed by atoms with Crippen LogP contribution in [0.5, 0.6) is 0 Å². The minimum absolute atomic E-state index is 0.0958. The van der Waals surface area contributed by atoms with Gasteiger partial charge in [0, 0.05) is 19.3 Å². The van der Waals surface area contributed by atoms with Crippen molar-refractivity contribution in [3.8, 4) is 0 Å². The fourth-order valence-electron chi connectivity index (χ4n) is 2.83. The number of halogens is 3. The van der Waals surface area contributed by atoms with Gasteiger partial charge in [-0.3, -0.25) is 14.3 Å². The molecule has 0 saturated carbocycles. The predicted molar refractivity (Wildman–Crippen MR) is 88.7 cm³/mol. The number of nitrogens with zero attached hydrogens (tertiary/aromatic N) is 3. The zero-order valence-electron chi connectivity index (χ0n) is 13.7. The molecular weight excluding hydrogens is 369 g/mol. The number of hydrogen-bond acceptors (Lipinski definition) is 4. The Labute approximate surface area is 151 Å². The van der Waals surface area contributed by atoms with Crippen molar-refractivity contribution in [3.63, 3.8) is 0 Å². The van der Waals surface area contributed by atoms with Gasteiger partial charge in [-0.2, -0.15) is 18.3 Å². The molecule has 3 heterocycles. The molecule has 1 aliphatic heterocycles. The molecule has 0 spiro atoms. The molecule has 0 radical (unpaired) electrons. The van der Waals surface area contributed by atoms with Crippen LogP contribution >= 0.6 is 11.3 Å². The van der Waals surface area contributed by atoms with Crippen molar-refractivity contribution in [2.45, 2.75) is 25.1 Å². The predicted octanol–water partition coefficient (Wildman–Crippen LogP) is 2.56. The summed E-state index contributed by atoms with van der Waals surface area (Å²) in [6.45, 7) is 0.737. The zero-order valence-corrected chi connectivity index (χ0v) is 14.5. The fourth-order valence-corrected chi connectivity index (χ4v) is 3.48. The maximum absolute atomic E-state index is 12.6. The molecule has 2 aromatic heterocycles. The van der Waals surface area contributed by atoms with Crippen LogP contribution < -0.4 is 5.32 Å². The first-order valence-corrected chi connectivity index (χ1v) is 8.94. The maximum atomic E-state index is 12.6. The Morgan fingerprint density at radius 2 is 2.00 bits per heavy atom. The van der Waals surface area contributed by atoms with E-state index < -0.39 is 11.9 Å². The normalized spacial score (nSPS) is 15.9. The summed E-state index contributed by atoms with van der Waals surface area (Å²) < 4.78 is 39.2. The molecule has 1 saturated heterocycles. The summed E-state index contributed by atoms with van der Waals surface area (Å²) in [5.74, 6) is -0.496. The number of thiophene rings is 1. The highest BCUT2D eigenvalue weighted by atomic mass is 32.1. The fraction of sp³-hybridized carbons (Fsp3) is 0.438. The number of rotatable bonds is 4. The lowest BCUT2D eigenvalue weighted by Gasteiger charge is -2.32. The van der Waals surface area contributed by atoms with E-state index in [4.69, 9.17) is 0 Å². The van der Waals surface area contributed by atoms with Crippen LogP contribution in [0.1, 0.15) is 34.2 Å². The summed E-state index contributed by atoms with van der Waals surface area (Å²) >= 11 is 1.29. The van der Waals surface area contributed by atoms with Crippen molar-refractivity contribution in [1.29, 1.82) is 0 Å². The third-order valence-electron chi connectivity index (χ3n) is 4.24. The molecule has 0 unspecified atom stereocenters. The van der Waals surface area contributed by atoms with Gasteiger partial charge in [0.1, 0.15) is 0 Å². The van der Waals surface area contributed by atoms with Crippen molar-refractivity contribution < 1.29 is 22.8 Å². The average molecular weight is 386 g/mol. The highest BCUT2D eigenvalue weighted by Gasteiger charge is 2.34. The molecule has 10 heteroatoms. The zero-order chi connectivity index (χ0) is 18.7. The number of alkyl halides is 3. The van der Waals surface area contributed by atoms with Gasteiger partial charge in [0.05, 0.1) is 17.5 Å². The molecule has 26 heavy (non-hydrogen) atoms. The SMILES string of the molecule is O=C(NCC(=O)N1CCC(n2ccc(C(F)(F)F)n2)CC1)c1cccs1. The van der Waals surface area contributed by atoms with Crippen LogP contribution in [0.15, 0.2) is 29.8 Å². The Morgan fingerprint density at radius 1 is 1.27 bits per heavy atom. The van der Waals surface area contributed by atoms with E-state index in [1.54, 1.807) is 22.4 Å². The number of nitrogens with one attached hydrogen (secondary N) is 1. The first kappa shape index (κ1) is 18.4. The van der Waals surface area contributed by atoms with Gasteiger partial charge in [0.15, 0.2) is 5.69 Å². The van der Waals surface area contributed by atoms with Crippen LogP contribution in [0.2, 0.25) is 0 Å². The van der Waals surface area contributed by atoms with E-state index in [0.29, 0.717) is 30.8 Å². The van der Waals surface area contributed by atoms with Gasteiger partial charge in [-0.15, -0.1) is 11.3 Å². The summed E-state index contributed by atoms with van der Waals surface area (Å²) in [5, 5.41) is 7.96. The number of piperidine rings is 1. The van der Waals surface area contributed by atoms with Crippen LogP contribution in [0.3, 0.4) is 0 Å². The molecule has 0 aromatic carbocycles. The lowest BCUT2D eigenvalue weighted by Crippen LogP contribution is -2.44. The van der Waals surface area contributed by atoms with Crippen molar-refractivity contribution in [3.05, 3.63) is 40.3 Å². The number of carbonyl (C=O) groups excluding carboxylic acids is 2. The molecular formula is C16H17F3N4O2S. The molecule has 0 aliphatic carbocycles. The third-order valence-corrected chi connectivity index (χ3v) is 5.10. The summed E-state index contributed by atoms with van der Waals surface area (Å²) in [5.41, 5.74) is -0.910. The second-order valence-corrected chi connectivity index (χ2v) is 6.90. The van der Waals surface area contributed by atoms with E-state index in [2.05, 4.69) is 10.4 Å². The molecule has 2 amide bonds. The molecule has 1 N–H and O–H groups in total. The Hall–Kier alpha value is -2.36. The molecule has 0 bridgehead atoms. The number of amides is 2. The quantitative estimate of drug-likeness (QED) is 0.878. The van der Waals surface area contributed by atoms with Gasteiger partial charge in [-0.25, -0.2) is 0 Å². The Morgan fingerprint density at radius 3 is 2.58 bits per heavy atom. The molecule has 2 aromatic rings. The van der Waals surface area contributed by atoms with Crippen molar-refractivity contribution in [1.82, 2.24) is 20.0 Å². The molecule has 3 rings (SSSR count). The van der Waals surface area contributed by atoms with E-state index in [0.717, 1.165) is 6.07 Å². The van der Waals surface area contributed by atoms with Crippen molar-refractivity contribution >= 4 is 23.2 Å². The molecule has 140 valence electrons. The van der Waals surface area contributed by atoms with E-state index in [1.807, 2.05) is 0 Å². The summed E-state index contributed by atoms with van der Waals surface area (Å²) in [4.78, 5) is 26.2. The standard InChI is InChI=1S/C16H17F3N4O2S/c17-16(18,19)13-5-8-23(21-13)11-3-6-22(7-4-11)14(24)10-20-15(25)12-2-1-9-26-12/h1-2,5,8-9,11H,3-4,6-7,10H2,(H,20,25). The van der Waals surface area contributed by atoms with Crippen molar-refractivity contribution in [2.75, 3.05) is 19.6 Å². The number of hydrogen-bond donors (Lipinski definition) is 1. The minimum Gasteiger partial charge on any atom is -0.342 e. The molecule has 1 aliphatic rings. The Balaban J connectivity index is 1.48. The highest BCUT2D eigenvalue weighted by molar-refractivity contribution is 7.12. The first-order valence-electron chi connectivity index (χ1n) is 8.06. The van der Waals surface area contributed by atoms with Gasteiger partial charge >= 0.3 is 6.18 Å². The summed E-state index contributed by atoms with van der Waals surface area (Å²) in [6.07, 6.45) is -2.10. The Bertz CT molecular complexity index is 765. The van der Waals surface area contributed by atoms with Crippen LogP contribution in [0, 0.1) is 0 Å². The highest BCUT2D eigenvalue weighted by Crippen LogP contribution is 2.29. The second-order valence-electron chi connectivity index (χ2n) is 5.95.